The van der Waals surface area contributed by atoms with Crippen LogP contribution in [-0.2, 0) is 4.74 Å². The van der Waals surface area contributed by atoms with Crippen LogP contribution in [0.15, 0.2) is 36.4 Å². The zero-order chi connectivity index (χ0) is 16.4. The Hall–Kier alpha value is -1.69. The minimum absolute atomic E-state index is 0.344. The lowest BCUT2D eigenvalue weighted by atomic mass is 10.1. The predicted molar refractivity (Wildman–Crippen MR) is 95.4 cm³/mol. The number of hydrogen-bond acceptors (Lipinski definition) is 5. The summed E-state index contributed by atoms with van der Waals surface area (Å²) in [4.78, 5) is 9.45. The molecule has 2 saturated heterocycles. The van der Waals surface area contributed by atoms with Crippen molar-refractivity contribution >= 4 is 16.7 Å². The SMILES string of the molecule is O[C@@H]1CN(c2ccc3ccccc3n2)CCN(C2CCOCC2)C1. The van der Waals surface area contributed by atoms with Crippen molar-refractivity contribution in [2.75, 3.05) is 44.3 Å². The smallest absolute Gasteiger partial charge is 0.129 e. The van der Waals surface area contributed by atoms with Crippen LogP contribution in [0, 0.1) is 0 Å². The summed E-state index contributed by atoms with van der Waals surface area (Å²) < 4.78 is 5.47. The van der Waals surface area contributed by atoms with Crippen molar-refractivity contribution in [3.8, 4) is 0 Å². The summed E-state index contributed by atoms with van der Waals surface area (Å²) in [6.45, 7) is 4.94. The Morgan fingerprint density at radius 1 is 1.00 bits per heavy atom. The topological polar surface area (TPSA) is 48.8 Å². The fraction of sp³-hybridized carbons (Fsp3) is 0.526. The van der Waals surface area contributed by atoms with Gasteiger partial charge in [0, 0.05) is 50.8 Å². The van der Waals surface area contributed by atoms with Gasteiger partial charge in [-0.05, 0) is 31.0 Å². The van der Waals surface area contributed by atoms with E-state index in [1.165, 1.54) is 0 Å². The van der Waals surface area contributed by atoms with Gasteiger partial charge in [0.2, 0.25) is 0 Å². The van der Waals surface area contributed by atoms with Gasteiger partial charge in [-0.25, -0.2) is 4.98 Å². The lowest BCUT2D eigenvalue weighted by Crippen LogP contribution is -2.43. The maximum absolute atomic E-state index is 10.5. The number of nitrogens with zero attached hydrogens (tertiary/aromatic N) is 3. The number of para-hydroxylation sites is 1. The fourth-order valence-electron chi connectivity index (χ4n) is 3.84. The molecule has 0 spiro atoms. The lowest BCUT2D eigenvalue weighted by Gasteiger charge is -2.33. The molecular formula is C19H25N3O2. The predicted octanol–water partition coefficient (Wildman–Crippen LogP) is 1.90. The molecule has 1 aromatic carbocycles. The summed E-state index contributed by atoms with van der Waals surface area (Å²) in [5.41, 5.74) is 1.01. The minimum atomic E-state index is -0.344. The van der Waals surface area contributed by atoms with E-state index in [0.717, 1.165) is 62.4 Å². The van der Waals surface area contributed by atoms with Crippen molar-refractivity contribution in [2.24, 2.45) is 0 Å². The van der Waals surface area contributed by atoms with Crippen molar-refractivity contribution < 1.29 is 9.84 Å². The number of ether oxygens (including phenoxy) is 1. The molecule has 1 atom stereocenters. The van der Waals surface area contributed by atoms with E-state index in [4.69, 9.17) is 9.72 Å². The van der Waals surface area contributed by atoms with Crippen LogP contribution in [0.2, 0.25) is 0 Å². The molecule has 2 fully saturated rings. The van der Waals surface area contributed by atoms with Crippen molar-refractivity contribution in [3.05, 3.63) is 36.4 Å². The Bertz CT molecular complexity index is 687. The number of anilines is 1. The third-order valence-electron chi connectivity index (χ3n) is 5.15. The standard InChI is InChI=1S/C19H25N3O2/c23-17-13-21(16-7-11-24-12-8-16)9-10-22(14-17)19-6-5-15-3-1-2-4-18(15)20-19/h1-6,16-17,23H,7-14H2/t17-/m0/s1. The summed E-state index contributed by atoms with van der Waals surface area (Å²) in [5.74, 6) is 0.960. The van der Waals surface area contributed by atoms with E-state index < -0.39 is 0 Å². The Labute approximate surface area is 142 Å². The van der Waals surface area contributed by atoms with Gasteiger partial charge in [0.05, 0.1) is 11.6 Å². The van der Waals surface area contributed by atoms with E-state index in [2.05, 4.69) is 28.0 Å². The van der Waals surface area contributed by atoms with Crippen LogP contribution >= 0.6 is 0 Å². The molecule has 5 nitrogen and oxygen atoms in total. The van der Waals surface area contributed by atoms with Gasteiger partial charge in [-0.2, -0.15) is 0 Å². The van der Waals surface area contributed by atoms with Gasteiger partial charge in [-0.3, -0.25) is 4.90 Å². The summed E-state index contributed by atoms with van der Waals surface area (Å²) >= 11 is 0. The first-order valence-corrected chi connectivity index (χ1v) is 8.90. The highest BCUT2D eigenvalue weighted by molar-refractivity contribution is 5.80. The molecule has 2 aliphatic heterocycles. The molecule has 0 radical (unpaired) electrons. The maximum Gasteiger partial charge on any atom is 0.129 e. The number of aliphatic hydroxyl groups is 1. The molecule has 0 saturated carbocycles. The van der Waals surface area contributed by atoms with E-state index in [9.17, 15) is 5.11 Å². The van der Waals surface area contributed by atoms with Crippen molar-refractivity contribution in [3.63, 3.8) is 0 Å². The molecule has 0 bridgehead atoms. The fourth-order valence-corrected chi connectivity index (χ4v) is 3.84. The molecule has 0 unspecified atom stereocenters. The van der Waals surface area contributed by atoms with Crippen LogP contribution in [0.4, 0.5) is 5.82 Å². The lowest BCUT2D eigenvalue weighted by molar-refractivity contribution is 0.0219. The van der Waals surface area contributed by atoms with Crippen LogP contribution in [0.1, 0.15) is 12.8 Å². The molecular weight excluding hydrogens is 302 g/mol. The Kier molecular flexibility index (Phi) is 4.65. The van der Waals surface area contributed by atoms with E-state index >= 15 is 0 Å². The molecule has 24 heavy (non-hydrogen) atoms. The second kappa shape index (κ2) is 7.05. The second-order valence-corrected chi connectivity index (χ2v) is 6.80. The normalized spacial score (nSPS) is 24.2. The van der Waals surface area contributed by atoms with Gasteiger partial charge in [-0.1, -0.05) is 18.2 Å². The molecule has 1 N–H and O–H groups in total. The third-order valence-corrected chi connectivity index (χ3v) is 5.15. The van der Waals surface area contributed by atoms with Crippen LogP contribution in [-0.4, -0.2) is 66.5 Å². The Morgan fingerprint density at radius 3 is 2.71 bits per heavy atom. The first-order valence-electron chi connectivity index (χ1n) is 8.90. The molecule has 0 amide bonds. The van der Waals surface area contributed by atoms with E-state index in [1.54, 1.807) is 0 Å². The molecule has 3 heterocycles. The van der Waals surface area contributed by atoms with Crippen LogP contribution in [0.25, 0.3) is 10.9 Å². The number of rotatable bonds is 2. The average molecular weight is 327 g/mol. The maximum atomic E-state index is 10.5. The minimum Gasteiger partial charge on any atom is -0.390 e. The van der Waals surface area contributed by atoms with Gasteiger partial charge in [-0.15, -0.1) is 0 Å². The molecule has 2 aromatic rings. The number of aromatic nitrogens is 1. The number of β-amino-alcohol motifs (C(OH)–C–C–N with tert-alkyl or cyclic N) is 1. The van der Waals surface area contributed by atoms with Crippen LogP contribution in [0.5, 0.6) is 0 Å². The Morgan fingerprint density at radius 2 is 1.83 bits per heavy atom. The molecule has 1 aromatic heterocycles. The van der Waals surface area contributed by atoms with Crippen molar-refractivity contribution in [1.82, 2.24) is 9.88 Å². The van der Waals surface area contributed by atoms with E-state index in [0.29, 0.717) is 12.6 Å². The van der Waals surface area contributed by atoms with Gasteiger partial charge >= 0.3 is 0 Å². The van der Waals surface area contributed by atoms with Crippen LogP contribution < -0.4 is 4.90 Å². The molecule has 128 valence electrons. The number of pyridine rings is 1. The number of hydrogen-bond donors (Lipinski definition) is 1. The molecule has 5 heteroatoms. The van der Waals surface area contributed by atoms with Crippen LogP contribution in [0.3, 0.4) is 0 Å². The molecule has 4 rings (SSSR count). The van der Waals surface area contributed by atoms with Gasteiger partial charge in [0.25, 0.3) is 0 Å². The number of fused-ring (bicyclic) bond motifs is 1. The third kappa shape index (κ3) is 3.38. The zero-order valence-electron chi connectivity index (χ0n) is 14.0. The van der Waals surface area contributed by atoms with Gasteiger partial charge in [0.15, 0.2) is 0 Å². The highest BCUT2D eigenvalue weighted by Gasteiger charge is 2.28. The van der Waals surface area contributed by atoms with Crippen molar-refractivity contribution in [1.29, 1.82) is 0 Å². The highest BCUT2D eigenvalue weighted by atomic mass is 16.5. The summed E-state index contributed by atoms with van der Waals surface area (Å²) in [6.07, 6.45) is 1.80. The molecule has 0 aliphatic carbocycles. The monoisotopic (exact) mass is 327 g/mol. The quantitative estimate of drug-likeness (QED) is 0.913. The first-order chi connectivity index (χ1) is 11.8. The largest absolute Gasteiger partial charge is 0.390 e. The highest BCUT2D eigenvalue weighted by Crippen LogP contribution is 2.21. The summed E-state index contributed by atoms with van der Waals surface area (Å²) in [6, 6.07) is 12.9. The molecule has 2 aliphatic rings. The van der Waals surface area contributed by atoms with Gasteiger partial charge in [0.1, 0.15) is 5.82 Å². The Balaban J connectivity index is 1.51. The number of aliphatic hydroxyl groups excluding tert-OH is 1. The summed E-state index contributed by atoms with van der Waals surface area (Å²) in [7, 11) is 0. The van der Waals surface area contributed by atoms with Gasteiger partial charge < -0.3 is 14.7 Å². The second-order valence-electron chi connectivity index (χ2n) is 6.80. The summed E-state index contributed by atoms with van der Waals surface area (Å²) in [5, 5.41) is 11.6. The van der Waals surface area contributed by atoms with E-state index in [-0.39, 0.29) is 6.10 Å². The van der Waals surface area contributed by atoms with E-state index in [1.807, 2.05) is 18.2 Å². The van der Waals surface area contributed by atoms with Crippen molar-refractivity contribution in [2.45, 2.75) is 25.0 Å². The number of benzene rings is 1. The average Bonchev–Trinajstić information content (AvgIpc) is 2.84. The zero-order valence-corrected chi connectivity index (χ0v) is 14.0. The first kappa shape index (κ1) is 15.8.